The average molecular weight is 228 g/mol. The van der Waals surface area contributed by atoms with Crippen molar-refractivity contribution in [2.24, 2.45) is 5.73 Å². The lowest BCUT2D eigenvalue weighted by Crippen LogP contribution is -2.43. The van der Waals surface area contributed by atoms with Crippen LogP contribution >= 0.6 is 0 Å². The van der Waals surface area contributed by atoms with Crippen LogP contribution in [-0.4, -0.2) is 29.1 Å². The van der Waals surface area contributed by atoms with Gasteiger partial charge in [-0.1, -0.05) is 12.1 Å². The molecule has 0 unspecified atom stereocenters. The predicted octanol–water partition coefficient (Wildman–Crippen LogP) is 1.56. The minimum atomic E-state index is 0.261. The van der Waals surface area contributed by atoms with Crippen molar-refractivity contribution in [2.75, 3.05) is 18.0 Å². The van der Waals surface area contributed by atoms with Crippen molar-refractivity contribution in [1.29, 1.82) is 0 Å². The number of hydrogen-bond acceptors (Lipinski definition) is 4. The molecule has 0 spiro atoms. The van der Waals surface area contributed by atoms with Crippen molar-refractivity contribution >= 4 is 16.9 Å². The van der Waals surface area contributed by atoms with Gasteiger partial charge in [0.15, 0.2) is 0 Å². The fourth-order valence-corrected chi connectivity index (χ4v) is 2.32. The summed E-state index contributed by atoms with van der Waals surface area (Å²) < 4.78 is 0. The second kappa shape index (κ2) is 4.30. The number of hydrogen-bond donors (Lipinski definition) is 1. The first-order chi connectivity index (χ1) is 8.33. The van der Waals surface area contributed by atoms with E-state index in [0.717, 1.165) is 42.8 Å². The Hall–Kier alpha value is -1.68. The third-order valence-electron chi connectivity index (χ3n) is 3.22. The first kappa shape index (κ1) is 10.5. The van der Waals surface area contributed by atoms with Gasteiger partial charge in [0.1, 0.15) is 5.82 Å². The van der Waals surface area contributed by atoms with Crippen LogP contribution in [0.1, 0.15) is 12.8 Å². The number of fused-ring (bicyclic) bond motifs is 1. The summed E-state index contributed by atoms with van der Waals surface area (Å²) in [6.07, 6.45) is 4.09. The lowest BCUT2D eigenvalue weighted by molar-refractivity contribution is 0.503. The Balaban J connectivity index is 1.94. The monoisotopic (exact) mass is 228 g/mol. The van der Waals surface area contributed by atoms with Gasteiger partial charge in [-0.25, -0.2) is 4.98 Å². The van der Waals surface area contributed by atoms with Crippen molar-refractivity contribution in [2.45, 2.75) is 18.9 Å². The van der Waals surface area contributed by atoms with Crippen LogP contribution in [0.25, 0.3) is 11.0 Å². The fraction of sp³-hybridized carbons (Fsp3) is 0.385. The molecule has 4 nitrogen and oxygen atoms in total. The lowest BCUT2D eigenvalue weighted by atomic mass is 10.1. The topological polar surface area (TPSA) is 55.0 Å². The predicted molar refractivity (Wildman–Crippen MR) is 69.0 cm³/mol. The molecule has 4 heteroatoms. The molecule has 2 heterocycles. The molecule has 0 radical (unpaired) electrons. The van der Waals surface area contributed by atoms with Gasteiger partial charge in [-0.15, -0.1) is 0 Å². The number of para-hydroxylation sites is 2. The molecule has 1 aliphatic heterocycles. The highest BCUT2D eigenvalue weighted by atomic mass is 15.2. The fourth-order valence-electron chi connectivity index (χ4n) is 2.32. The largest absolute Gasteiger partial charge is 0.354 e. The number of nitrogens with two attached hydrogens (primary N) is 1. The Labute approximate surface area is 100 Å². The van der Waals surface area contributed by atoms with Gasteiger partial charge in [0.2, 0.25) is 0 Å². The molecule has 17 heavy (non-hydrogen) atoms. The third-order valence-corrected chi connectivity index (χ3v) is 3.22. The highest BCUT2D eigenvalue weighted by molar-refractivity contribution is 5.75. The third kappa shape index (κ3) is 2.08. The van der Waals surface area contributed by atoms with Gasteiger partial charge in [0.05, 0.1) is 17.2 Å². The summed E-state index contributed by atoms with van der Waals surface area (Å²) in [6, 6.07) is 8.21. The van der Waals surface area contributed by atoms with Crippen LogP contribution in [0.5, 0.6) is 0 Å². The molecule has 0 saturated carbocycles. The van der Waals surface area contributed by atoms with E-state index in [1.165, 1.54) is 0 Å². The summed E-state index contributed by atoms with van der Waals surface area (Å²) in [7, 11) is 0. The average Bonchev–Trinajstić information content (AvgIpc) is 2.38. The van der Waals surface area contributed by atoms with Crippen LogP contribution < -0.4 is 10.6 Å². The second-order valence-electron chi connectivity index (χ2n) is 4.57. The van der Waals surface area contributed by atoms with Crippen molar-refractivity contribution in [3.05, 3.63) is 30.5 Å². The number of aromatic nitrogens is 2. The molecule has 2 aromatic rings. The Morgan fingerprint density at radius 3 is 2.88 bits per heavy atom. The van der Waals surface area contributed by atoms with E-state index in [1.54, 1.807) is 0 Å². The first-order valence-corrected chi connectivity index (χ1v) is 6.05. The summed E-state index contributed by atoms with van der Waals surface area (Å²) in [5.74, 6) is 0.943. The number of anilines is 1. The molecule has 1 saturated heterocycles. The van der Waals surface area contributed by atoms with E-state index in [9.17, 15) is 0 Å². The van der Waals surface area contributed by atoms with Gasteiger partial charge in [-0.3, -0.25) is 4.98 Å². The Bertz CT molecular complexity index is 526. The minimum absolute atomic E-state index is 0.261. The van der Waals surface area contributed by atoms with Crippen LogP contribution in [0.15, 0.2) is 30.5 Å². The van der Waals surface area contributed by atoms with Gasteiger partial charge in [-0.2, -0.15) is 0 Å². The van der Waals surface area contributed by atoms with Gasteiger partial charge in [-0.05, 0) is 25.0 Å². The van der Waals surface area contributed by atoms with Gasteiger partial charge >= 0.3 is 0 Å². The van der Waals surface area contributed by atoms with Crippen LogP contribution in [0.2, 0.25) is 0 Å². The van der Waals surface area contributed by atoms with Crippen molar-refractivity contribution in [1.82, 2.24) is 9.97 Å². The zero-order chi connectivity index (χ0) is 11.7. The maximum absolute atomic E-state index is 5.99. The van der Waals surface area contributed by atoms with E-state index in [-0.39, 0.29) is 6.04 Å². The van der Waals surface area contributed by atoms with Gasteiger partial charge in [0.25, 0.3) is 0 Å². The number of piperidine rings is 1. The van der Waals surface area contributed by atoms with E-state index in [2.05, 4.69) is 14.9 Å². The highest BCUT2D eigenvalue weighted by Crippen LogP contribution is 2.18. The Kier molecular flexibility index (Phi) is 2.65. The summed E-state index contributed by atoms with van der Waals surface area (Å²) in [4.78, 5) is 11.3. The summed E-state index contributed by atoms with van der Waals surface area (Å²) >= 11 is 0. The number of rotatable bonds is 1. The second-order valence-corrected chi connectivity index (χ2v) is 4.57. The highest BCUT2D eigenvalue weighted by Gasteiger charge is 2.18. The summed E-state index contributed by atoms with van der Waals surface area (Å²) in [6.45, 7) is 1.91. The molecular formula is C13H16N4. The molecule has 1 aromatic carbocycles. The van der Waals surface area contributed by atoms with Crippen LogP contribution in [0, 0.1) is 0 Å². The molecule has 1 aromatic heterocycles. The molecule has 88 valence electrons. The first-order valence-electron chi connectivity index (χ1n) is 6.05. The van der Waals surface area contributed by atoms with E-state index >= 15 is 0 Å². The Morgan fingerprint density at radius 1 is 1.24 bits per heavy atom. The smallest absolute Gasteiger partial charge is 0.147 e. The molecule has 0 amide bonds. The zero-order valence-corrected chi connectivity index (χ0v) is 9.71. The van der Waals surface area contributed by atoms with Crippen LogP contribution in [0.3, 0.4) is 0 Å². The van der Waals surface area contributed by atoms with Crippen molar-refractivity contribution < 1.29 is 0 Å². The van der Waals surface area contributed by atoms with E-state index in [0.29, 0.717) is 0 Å². The number of nitrogens with zero attached hydrogens (tertiary/aromatic N) is 3. The van der Waals surface area contributed by atoms with E-state index in [1.807, 2.05) is 30.5 Å². The van der Waals surface area contributed by atoms with Crippen LogP contribution in [0.4, 0.5) is 5.82 Å². The van der Waals surface area contributed by atoms with Crippen molar-refractivity contribution in [3.8, 4) is 0 Å². The van der Waals surface area contributed by atoms with Gasteiger partial charge in [0, 0.05) is 19.1 Å². The molecule has 1 fully saturated rings. The quantitative estimate of drug-likeness (QED) is 0.804. The minimum Gasteiger partial charge on any atom is -0.354 e. The molecule has 0 bridgehead atoms. The summed E-state index contributed by atoms with van der Waals surface area (Å²) in [5.41, 5.74) is 7.88. The maximum atomic E-state index is 5.99. The zero-order valence-electron chi connectivity index (χ0n) is 9.71. The van der Waals surface area contributed by atoms with Gasteiger partial charge < -0.3 is 10.6 Å². The molecule has 2 N–H and O–H groups in total. The summed E-state index contributed by atoms with van der Waals surface area (Å²) in [5, 5.41) is 0. The molecule has 1 aliphatic rings. The molecular weight excluding hydrogens is 212 g/mol. The number of benzene rings is 1. The maximum Gasteiger partial charge on any atom is 0.147 e. The Morgan fingerprint density at radius 2 is 2.06 bits per heavy atom. The van der Waals surface area contributed by atoms with E-state index in [4.69, 9.17) is 5.73 Å². The standard InChI is InChI=1S/C13H16N4/c14-10-4-3-7-17(9-10)13-8-15-11-5-1-2-6-12(11)16-13/h1-2,5-6,8,10H,3-4,7,9,14H2/t10-/m1/s1. The van der Waals surface area contributed by atoms with E-state index < -0.39 is 0 Å². The normalized spacial score (nSPS) is 20.8. The lowest BCUT2D eigenvalue weighted by Gasteiger charge is -2.31. The molecule has 1 atom stereocenters. The molecule has 0 aliphatic carbocycles. The molecule has 3 rings (SSSR count). The SMILES string of the molecule is N[C@@H]1CCCN(c2cnc3ccccc3n2)C1. The van der Waals surface area contributed by atoms with Crippen LogP contribution in [-0.2, 0) is 0 Å². The van der Waals surface area contributed by atoms with Crippen molar-refractivity contribution in [3.63, 3.8) is 0 Å².